The molecule has 0 fully saturated rings. The fourth-order valence-corrected chi connectivity index (χ4v) is 2.93. The average Bonchev–Trinajstić information content (AvgIpc) is 3.04. The number of fused-ring (bicyclic) bond motifs is 1. The van der Waals surface area contributed by atoms with Gasteiger partial charge in [-0.1, -0.05) is 23.7 Å². The largest absolute Gasteiger partial charge is 0.439 e. The lowest BCUT2D eigenvalue weighted by molar-refractivity contribution is -0.116. The van der Waals surface area contributed by atoms with E-state index in [0.717, 1.165) is 0 Å². The third-order valence-electron chi connectivity index (χ3n) is 4.19. The molecule has 0 spiro atoms. The van der Waals surface area contributed by atoms with Crippen molar-refractivity contribution in [2.45, 2.75) is 13.0 Å². The molecule has 1 N–H and O–H groups in total. The first-order valence-electron chi connectivity index (χ1n) is 8.86. The number of amides is 1. The zero-order valence-corrected chi connectivity index (χ0v) is 15.9. The van der Waals surface area contributed by atoms with Crippen molar-refractivity contribution < 1.29 is 13.9 Å². The number of carbonyl (C=O) groups is 1. The van der Waals surface area contributed by atoms with Crippen molar-refractivity contribution in [2.75, 3.05) is 5.32 Å². The molecule has 4 rings (SSSR count). The van der Waals surface area contributed by atoms with Crippen LogP contribution in [0.25, 0.3) is 11.1 Å². The Morgan fingerprint density at radius 2 is 1.90 bits per heavy atom. The maximum Gasteiger partial charge on any atom is 0.419 e. The fourth-order valence-electron chi connectivity index (χ4n) is 2.80. The molecule has 2 aromatic heterocycles. The Morgan fingerprint density at radius 3 is 2.66 bits per heavy atom. The van der Waals surface area contributed by atoms with E-state index in [-0.39, 0.29) is 18.9 Å². The smallest absolute Gasteiger partial charge is 0.419 e. The molecule has 4 aromatic rings. The van der Waals surface area contributed by atoms with Crippen LogP contribution in [0.1, 0.15) is 6.42 Å². The molecule has 2 aromatic carbocycles. The second-order valence-corrected chi connectivity index (χ2v) is 6.66. The lowest BCUT2D eigenvalue weighted by atomic mass is 10.3. The van der Waals surface area contributed by atoms with Gasteiger partial charge in [0.2, 0.25) is 11.8 Å². The SMILES string of the molecule is O=C(CCn1c(=O)oc2ccccc21)Nc1ccc(Oc2ccc(Cl)cc2)nc1. The van der Waals surface area contributed by atoms with E-state index < -0.39 is 5.76 Å². The van der Waals surface area contributed by atoms with Crippen LogP contribution in [0.3, 0.4) is 0 Å². The van der Waals surface area contributed by atoms with Crippen LogP contribution < -0.4 is 15.8 Å². The Labute approximate surface area is 170 Å². The van der Waals surface area contributed by atoms with E-state index in [9.17, 15) is 9.59 Å². The monoisotopic (exact) mass is 409 g/mol. The van der Waals surface area contributed by atoms with E-state index >= 15 is 0 Å². The van der Waals surface area contributed by atoms with Gasteiger partial charge in [0.1, 0.15) is 5.75 Å². The number of nitrogens with one attached hydrogen (secondary N) is 1. The summed E-state index contributed by atoms with van der Waals surface area (Å²) in [7, 11) is 0. The van der Waals surface area contributed by atoms with Gasteiger partial charge >= 0.3 is 5.76 Å². The van der Waals surface area contributed by atoms with Crippen LogP contribution in [0.4, 0.5) is 5.69 Å². The average molecular weight is 410 g/mol. The van der Waals surface area contributed by atoms with Crippen molar-refractivity contribution in [3.63, 3.8) is 0 Å². The van der Waals surface area contributed by atoms with E-state index in [0.29, 0.717) is 33.4 Å². The van der Waals surface area contributed by atoms with Crippen LogP contribution >= 0.6 is 11.6 Å². The summed E-state index contributed by atoms with van der Waals surface area (Å²) in [5.41, 5.74) is 1.69. The molecule has 0 aliphatic rings. The van der Waals surface area contributed by atoms with Gasteiger partial charge < -0.3 is 14.5 Å². The molecule has 0 unspecified atom stereocenters. The Balaban J connectivity index is 1.35. The number of benzene rings is 2. The summed E-state index contributed by atoms with van der Waals surface area (Å²) >= 11 is 5.84. The highest BCUT2D eigenvalue weighted by molar-refractivity contribution is 6.30. The number of aromatic nitrogens is 2. The molecular formula is C21H16ClN3O4. The van der Waals surface area contributed by atoms with E-state index in [1.165, 1.54) is 10.8 Å². The van der Waals surface area contributed by atoms with Gasteiger partial charge in [0.25, 0.3) is 0 Å². The van der Waals surface area contributed by atoms with E-state index in [1.54, 1.807) is 54.6 Å². The molecule has 146 valence electrons. The number of anilines is 1. The van der Waals surface area contributed by atoms with E-state index in [2.05, 4.69) is 10.3 Å². The zero-order valence-electron chi connectivity index (χ0n) is 15.2. The minimum absolute atomic E-state index is 0.118. The molecule has 8 heteroatoms. The molecule has 0 saturated carbocycles. The highest BCUT2D eigenvalue weighted by atomic mass is 35.5. The molecule has 0 radical (unpaired) electrons. The number of pyridine rings is 1. The molecule has 0 bridgehead atoms. The summed E-state index contributed by atoms with van der Waals surface area (Å²) in [6.07, 6.45) is 1.62. The van der Waals surface area contributed by atoms with Crippen LogP contribution in [0, 0.1) is 0 Å². The maximum absolute atomic E-state index is 12.2. The summed E-state index contributed by atoms with van der Waals surface area (Å²) in [6, 6.07) is 17.4. The number of para-hydroxylation sites is 2. The molecular weight excluding hydrogens is 394 g/mol. The predicted octanol–water partition coefficient (Wildman–Crippen LogP) is 4.46. The first-order chi connectivity index (χ1) is 14.1. The second kappa shape index (κ2) is 8.20. The minimum atomic E-state index is -0.482. The van der Waals surface area contributed by atoms with E-state index in [1.807, 2.05) is 6.07 Å². The summed E-state index contributed by atoms with van der Waals surface area (Å²) < 4.78 is 12.2. The topological polar surface area (TPSA) is 86.4 Å². The zero-order chi connectivity index (χ0) is 20.2. The van der Waals surface area contributed by atoms with Crippen molar-refractivity contribution in [2.24, 2.45) is 0 Å². The lowest BCUT2D eigenvalue weighted by Gasteiger charge is -2.07. The Morgan fingerprint density at radius 1 is 1.10 bits per heavy atom. The number of rotatable bonds is 6. The van der Waals surface area contributed by atoms with Crippen molar-refractivity contribution in [1.29, 1.82) is 0 Å². The number of oxazole rings is 1. The number of hydrogen-bond donors (Lipinski definition) is 1. The molecule has 0 aliphatic heterocycles. The van der Waals surface area contributed by atoms with Crippen LogP contribution in [-0.2, 0) is 11.3 Å². The van der Waals surface area contributed by atoms with Gasteiger partial charge in [0, 0.05) is 24.1 Å². The van der Waals surface area contributed by atoms with Gasteiger partial charge in [0.05, 0.1) is 17.4 Å². The van der Waals surface area contributed by atoms with Crippen LogP contribution in [0.2, 0.25) is 5.02 Å². The molecule has 1 amide bonds. The van der Waals surface area contributed by atoms with Crippen molar-refractivity contribution in [3.05, 3.63) is 82.4 Å². The van der Waals surface area contributed by atoms with E-state index in [4.69, 9.17) is 20.8 Å². The van der Waals surface area contributed by atoms with Gasteiger partial charge in [0.15, 0.2) is 5.58 Å². The first-order valence-corrected chi connectivity index (χ1v) is 9.24. The second-order valence-electron chi connectivity index (χ2n) is 6.23. The highest BCUT2D eigenvalue weighted by Gasteiger charge is 2.11. The Kier molecular flexibility index (Phi) is 5.31. The number of halogens is 1. The fraction of sp³-hybridized carbons (Fsp3) is 0.0952. The summed E-state index contributed by atoms with van der Waals surface area (Å²) in [6.45, 7) is 0.215. The third-order valence-corrected chi connectivity index (χ3v) is 4.44. The number of hydrogen-bond acceptors (Lipinski definition) is 5. The third kappa shape index (κ3) is 4.47. The van der Waals surface area contributed by atoms with Gasteiger partial charge in [-0.2, -0.15) is 0 Å². The van der Waals surface area contributed by atoms with Gasteiger partial charge in [-0.3, -0.25) is 9.36 Å². The number of carbonyl (C=O) groups excluding carboxylic acids is 1. The minimum Gasteiger partial charge on any atom is -0.439 e. The van der Waals surface area contributed by atoms with Gasteiger partial charge in [-0.25, -0.2) is 9.78 Å². The van der Waals surface area contributed by atoms with Crippen molar-refractivity contribution >= 4 is 34.3 Å². The maximum atomic E-state index is 12.2. The summed E-state index contributed by atoms with van der Waals surface area (Å²) in [5, 5.41) is 3.37. The van der Waals surface area contributed by atoms with Crippen LogP contribution in [0.5, 0.6) is 11.6 Å². The molecule has 29 heavy (non-hydrogen) atoms. The van der Waals surface area contributed by atoms with Gasteiger partial charge in [-0.15, -0.1) is 0 Å². The van der Waals surface area contributed by atoms with Crippen molar-refractivity contribution in [3.8, 4) is 11.6 Å². The number of nitrogens with zero attached hydrogens (tertiary/aromatic N) is 2. The van der Waals surface area contributed by atoms with Gasteiger partial charge in [-0.05, 0) is 42.5 Å². The van der Waals surface area contributed by atoms with Crippen molar-refractivity contribution in [1.82, 2.24) is 9.55 Å². The summed E-state index contributed by atoms with van der Waals surface area (Å²) in [4.78, 5) is 28.4. The predicted molar refractivity (Wildman–Crippen MR) is 109 cm³/mol. The molecule has 0 saturated heterocycles. The highest BCUT2D eigenvalue weighted by Crippen LogP contribution is 2.22. The Hall–Kier alpha value is -3.58. The number of aryl methyl sites for hydroxylation is 1. The molecule has 0 atom stereocenters. The lowest BCUT2D eigenvalue weighted by Crippen LogP contribution is -2.19. The molecule has 0 aliphatic carbocycles. The Bertz CT molecular complexity index is 1200. The summed E-state index contributed by atoms with van der Waals surface area (Å²) in [5.74, 6) is 0.276. The van der Waals surface area contributed by atoms with Crippen LogP contribution in [-0.4, -0.2) is 15.5 Å². The normalized spacial score (nSPS) is 10.8. The standard InChI is InChI=1S/C21H16ClN3O4/c22-14-5-8-16(9-6-14)28-20-10-7-15(13-23-20)24-19(26)11-12-25-17-3-1-2-4-18(17)29-21(25)27/h1-10,13H,11-12H2,(H,24,26). The molecule has 7 nitrogen and oxygen atoms in total. The molecule has 2 heterocycles. The first kappa shape index (κ1) is 18.8. The van der Waals surface area contributed by atoms with Crippen LogP contribution in [0.15, 0.2) is 76.1 Å². The number of ether oxygens (including phenoxy) is 1. The quantitative estimate of drug-likeness (QED) is 0.508.